The van der Waals surface area contributed by atoms with Crippen LogP contribution in [0.5, 0.6) is 0 Å². The number of anilines is 1. The van der Waals surface area contributed by atoms with Gasteiger partial charge in [-0.25, -0.2) is 22.9 Å². The lowest BCUT2D eigenvalue weighted by Crippen LogP contribution is -2.21. The number of aromatic amines is 1. The van der Waals surface area contributed by atoms with Gasteiger partial charge >= 0.3 is 6.18 Å². The molecule has 3 rings (SSSR count). The summed E-state index contributed by atoms with van der Waals surface area (Å²) in [5.74, 6) is -1.89. The third-order valence-electron chi connectivity index (χ3n) is 3.50. The largest absolute Gasteiger partial charge is 0.417 e. The maximum Gasteiger partial charge on any atom is 0.417 e. The van der Waals surface area contributed by atoms with Gasteiger partial charge < -0.3 is 5.73 Å². The van der Waals surface area contributed by atoms with Crippen LogP contribution >= 0.6 is 0 Å². The van der Waals surface area contributed by atoms with Gasteiger partial charge in [0, 0.05) is 11.8 Å². The van der Waals surface area contributed by atoms with E-state index >= 15 is 0 Å². The summed E-state index contributed by atoms with van der Waals surface area (Å²) in [6.07, 6.45) is -4.00. The highest BCUT2D eigenvalue weighted by Crippen LogP contribution is 2.42. The molecule has 5 N–H and O–H groups in total. The Morgan fingerprint density at radius 1 is 1.19 bits per heavy atom. The number of nitrogen functional groups attached to an aromatic ring is 1. The molecule has 3 aromatic rings. The zero-order chi connectivity index (χ0) is 20.0. The number of rotatable bonds is 3. The molecule has 9 nitrogen and oxygen atoms in total. The van der Waals surface area contributed by atoms with Crippen molar-refractivity contribution in [2.75, 3.05) is 5.73 Å². The number of halogens is 4. The van der Waals surface area contributed by atoms with Crippen molar-refractivity contribution in [2.24, 2.45) is 5.14 Å². The second kappa shape index (κ2) is 6.24. The van der Waals surface area contributed by atoms with E-state index in [1.165, 1.54) is 0 Å². The molecule has 0 fully saturated rings. The van der Waals surface area contributed by atoms with Crippen LogP contribution in [0.25, 0.3) is 22.5 Å². The van der Waals surface area contributed by atoms with Gasteiger partial charge in [0.15, 0.2) is 11.6 Å². The fourth-order valence-corrected chi connectivity index (χ4v) is 3.40. The zero-order valence-corrected chi connectivity index (χ0v) is 13.8. The maximum atomic E-state index is 13.8. The lowest BCUT2D eigenvalue weighted by molar-refractivity contribution is -0.139. The summed E-state index contributed by atoms with van der Waals surface area (Å²) in [5, 5.41) is 17.3. The smallest absolute Gasteiger partial charge is 0.381 e. The topological polar surface area (TPSA) is 154 Å². The second-order valence-corrected chi connectivity index (χ2v) is 6.73. The van der Waals surface area contributed by atoms with E-state index in [4.69, 9.17) is 10.9 Å². The average molecular weight is 403 g/mol. The fourth-order valence-electron chi connectivity index (χ4n) is 2.43. The van der Waals surface area contributed by atoms with Gasteiger partial charge in [0.25, 0.3) is 0 Å². The van der Waals surface area contributed by atoms with Crippen molar-refractivity contribution < 1.29 is 26.0 Å². The molecule has 0 aliphatic carbocycles. The van der Waals surface area contributed by atoms with Crippen LogP contribution in [0.2, 0.25) is 0 Å². The summed E-state index contributed by atoms with van der Waals surface area (Å²) in [7, 11) is -4.90. The maximum absolute atomic E-state index is 13.8. The van der Waals surface area contributed by atoms with Gasteiger partial charge in [0.2, 0.25) is 15.8 Å². The molecule has 0 spiro atoms. The lowest BCUT2D eigenvalue weighted by Gasteiger charge is -2.17. The standard InChI is InChI=1S/C13H9F4N7O2S/c14-8-3-5(4-20-11(8)18)6-1-2-7(13(15,16)17)10(27(19,25)26)9(6)12-21-23-24-22-12/h1-4H,(H2,18,20)(H2,19,25,26)(H,21,22,23,24). The first-order valence-electron chi connectivity index (χ1n) is 6.92. The SMILES string of the molecule is Nc1ncc(-c2ccc(C(F)(F)F)c(S(N)(=O)=O)c2-c2nn[nH]n2)cc1F. The van der Waals surface area contributed by atoms with Crippen molar-refractivity contribution in [3.8, 4) is 22.5 Å². The van der Waals surface area contributed by atoms with Crippen LogP contribution in [0, 0.1) is 5.82 Å². The minimum atomic E-state index is -5.05. The Kier molecular flexibility index (Phi) is 4.31. The molecular formula is C13H9F4N7O2S. The minimum Gasteiger partial charge on any atom is -0.381 e. The summed E-state index contributed by atoms with van der Waals surface area (Å²) in [5.41, 5.74) is 2.92. The number of aromatic nitrogens is 5. The highest BCUT2D eigenvalue weighted by Gasteiger charge is 2.39. The van der Waals surface area contributed by atoms with Gasteiger partial charge in [-0.05, 0) is 22.9 Å². The number of nitrogens with two attached hydrogens (primary N) is 2. The molecule has 0 aliphatic heterocycles. The number of nitrogens with zero attached hydrogens (tertiary/aromatic N) is 4. The highest BCUT2D eigenvalue weighted by molar-refractivity contribution is 7.89. The first kappa shape index (κ1) is 18.7. The Balaban J connectivity index is 2.47. The second-order valence-electron chi connectivity index (χ2n) is 5.23. The number of nitrogens with one attached hydrogen (secondary N) is 1. The quantitative estimate of drug-likeness (QED) is 0.557. The predicted molar refractivity (Wildman–Crippen MR) is 83.6 cm³/mol. The number of hydrogen-bond donors (Lipinski definition) is 3. The molecule has 0 unspecified atom stereocenters. The van der Waals surface area contributed by atoms with Crippen LogP contribution in [0.3, 0.4) is 0 Å². The molecule has 0 atom stereocenters. The number of H-pyrrole nitrogens is 1. The molecule has 27 heavy (non-hydrogen) atoms. The number of primary sulfonamides is 1. The number of benzene rings is 1. The summed E-state index contributed by atoms with van der Waals surface area (Å²) in [4.78, 5) is 2.30. The van der Waals surface area contributed by atoms with Gasteiger partial charge in [-0.15, -0.1) is 10.2 Å². The van der Waals surface area contributed by atoms with Crippen molar-refractivity contribution in [3.05, 3.63) is 35.8 Å². The van der Waals surface area contributed by atoms with E-state index in [-0.39, 0.29) is 11.1 Å². The van der Waals surface area contributed by atoms with Crippen LogP contribution in [-0.2, 0) is 16.2 Å². The number of pyridine rings is 1. The summed E-state index contributed by atoms with van der Waals surface area (Å²) >= 11 is 0. The minimum absolute atomic E-state index is 0.0693. The molecule has 142 valence electrons. The molecule has 1 aromatic carbocycles. The first-order valence-corrected chi connectivity index (χ1v) is 8.47. The summed E-state index contributed by atoms with van der Waals surface area (Å²) < 4.78 is 77.9. The van der Waals surface area contributed by atoms with Crippen molar-refractivity contribution in [1.29, 1.82) is 0 Å². The Morgan fingerprint density at radius 3 is 2.41 bits per heavy atom. The number of hydrogen-bond acceptors (Lipinski definition) is 7. The van der Waals surface area contributed by atoms with Gasteiger partial charge in [-0.3, -0.25) is 0 Å². The molecule has 0 amide bonds. The molecule has 14 heteroatoms. The number of sulfonamides is 1. The Labute approximate surface area is 148 Å². The van der Waals surface area contributed by atoms with Crippen LogP contribution in [0.15, 0.2) is 29.3 Å². The Bertz CT molecular complexity index is 1110. The zero-order valence-electron chi connectivity index (χ0n) is 13.0. The van der Waals surface area contributed by atoms with Crippen molar-refractivity contribution in [2.45, 2.75) is 11.1 Å². The van der Waals surface area contributed by atoms with Gasteiger partial charge in [0.05, 0.1) is 11.1 Å². The normalized spacial score (nSPS) is 12.3. The van der Waals surface area contributed by atoms with E-state index in [2.05, 4.69) is 20.4 Å². The van der Waals surface area contributed by atoms with E-state index in [0.717, 1.165) is 18.3 Å². The summed E-state index contributed by atoms with van der Waals surface area (Å²) in [6.45, 7) is 0. The van der Waals surface area contributed by atoms with Crippen LogP contribution < -0.4 is 10.9 Å². The average Bonchev–Trinajstić information content (AvgIpc) is 3.08. The number of tetrazole rings is 1. The van der Waals surface area contributed by atoms with E-state index in [9.17, 15) is 26.0 Å². The molecule has 2 heterocycles. The third kappa shape index (κ3) is 3.43. The van der Waals surface area contributed by atoms with E-state index in [1.54, 1.807) is 0 Å². The van der Waals surface area contributed by atoms with Crippen molar-refractivity contribution in [1.82, 2.24) is 25.6 Å². The first-order chi connectivity index (χ1) is 12.5. The van der Waals surface area contributed by atoms with Crippen LogP contribution in [0.4, 0.5) is 23.4 Å². The lowest BCUT2D eigenvalue weighted by atomic mass is 9.97. The molecule has 2 aromatic heterocycles. The monoisotopic (exact) mass is 403 g/mol. The van der Waals surface area contributed by atoms with E-state index < -0.39 is 49.7 Å². The molecule has 0 radical (unpaired) electrons. The van der Waals surface area contributed by atoms with Crippen molar-refractivity contribution >= 4 is 15.8 Å². The van der Waals surface area contributed by atoms with Crippen LogP contribution in [-0.4, -0.2) is 34.0 Å². The molecule has 0 saturated heterocycles. The molecule has 0 aliphatic rings. The fraction of sp³-hybridized carbons (Fsp3) is 0.0769. The van der Waals surface area contributed by atoms with Gasteiger partial charge in [-0.1, -0.05) is 6.07 Å². The van der Waals surface area contributed by atoms with Gasteiger partial charge in [-0.2, -0.15) is 18.4 Å². The summed E-state index contributed by atoms with van der Waals surface area (Å²) in [6, 6.07) is 2.31. The van der Waals surface area contributed by atoms with E-state index in [1.807, 2.05) is 5.21 Å². The van der Waals surface area contributed by atoms with E-state index in [0.29, 0.717) is 6.07 Å². The number of alkyl halides is 3. The Hall–Kier alpha value is -3.13. The molecule has 0 saturated carbocycles. The van der Waals surface area contributed by atoms with Crippen LogP contribution in [0.1, 0.15) is 5.56 Å². The predicted octanol–water partition coefficient (Wildman–Crippen LogP) is 1.32. The highest BCUT2D eigenvalue weighted by atomic mass is 32.2. The third-order valence-corrected chi connectivity index (χ3v) is 4.49. The Morgan fingerprint density at radius 2 is 1.89 bits per heavy atom. The molecule has 0 bridgehead atoms. The molecular weight excluding hydrogens is 394 g/mol. The van der Waals surface area contributed by atoms with Crippen molar-refractivity contribution in [3.63, 3.8) is 0 Å². The van der Waals surface area contributed by atoms with Gasteiger partial charge in [0.1, 0.15) is 4.90 Å².